The van der Waals surface area contributed by atoms with Crippen molar-refractivity contribution >= 4 is 11.8 Å². The smallest absolute Gasteiger partial charge is 0.246 e. The number of aryl methyl sites for hydroxylation is 1. The lowest BCUT2D eigenvalue weighted by Gasteiger charge is -2.29. The van der Waals surface area contributed by atoms with Gasteiger partial charge in [-0.3, -0.25) is 24.8 Å². The molecule has 1 unspecified atom stereocenters. The molecule has 0 radical (unpaired) electrons. The number of piperazine rings is 1. The molecule has 1 aliphatic heterocycles. The summed E-state index contributed by atoms with van der Waals surface area (Å²) >= 11 is 0. The number of nitrogens with one attached hydrogen (secondary N) is 1. The van der Waals surface area contributed by atoms with Crippen LogP contribution in [0, 0.1) is 6.92 Å². The summed E-state index contributed by atoms with van der Waals surface area (Å²) < 4.78 is 0. The van der Waals surface area contributed by atoms with Crippen molar-refractivity contribution in [3.63, 3.8) is 0 Å². The van der Waals surface area contributed by atoms with Crippen LogP contribution in [0.4, 0.5) is 0 Å². The van der Waals surface area contributed by atoms with Crippen molar-refractivity contribution in [3.05, 3.63) is 29.6 Å². The first kappa shape index (κ1) is 11.7. The van der Waals surface area contributed by atoms with Crippen LogP contribution in [0.5, 0.6) is 0 Å². The molecule has 17 heavy (non-hydrogen) atoms. The van der Waals surface area contributed by atoms with E-state index >= 15 is 0 Å². The van der Waals surface area contributed by atoms with E-state index in [4.69, 9.17) is 0 Å². The Morgan fingerprint density at radius 3 is 2.94 bits per heavy atom. The topological polar surface area (TPSA) is 62.3 Å². The molecule has 0 saturated carbocycles. The minimum Gasteiger partial charge on any atom is -0.298 e. The molecule has 0 spiro atoms. The molecular weight excluding hydrogens is 218 g/mol. The number of hydrogen-bond acceptors (Lipinski definition) is 4. The maximum atomic E-state index is 11.8. The fraction of sp³-hybridized carbons (Fsp3) is 0.417. The molecule has 5 nitrogen and oxygen atoms in total. The molecule has 1 N–H and O–H groups in total. The van der Waals surface area contributed by atoms with Gasteiger partial charge in [0.1, 0.15) is 0 Å². The van der Waals surface area contributed by atoms with Gasteiger partial charge >= 0.3 is 0 Å². The lowest BCUT2D eigenvalue weighted by atomic mass is 10.1. The Hall–Kier alpha value is -1.75. The molecule has 0 bridgehead atoms. The minimum absolute atomic E-state index is 0.178. The quantitative estimate of drug-likeness (QED) is 0.743. The average Bonchev–Trinajstić information content (AvgIpc) is 2.30. The molecule has 5 heteroatoms. The number of hydrogen-bond donors (Lipinski definition) is 1. The molecule has 2 rings (SSSR count). The highest BCUT2D eigenvalue weighted by Gasteiger charge is 2.30. The van der Waals surface area contributed by atoms with Crippen LogP contribution in [-0.2, 0) is 16.1 Å². The van der Waals surface area contributed by atoms with E-state index in [2.05, 4.69) is 10.3 Å². The standard InChI is InChI=1S/C12H15N3O2/c1-8-3-10(5-13-4-8)7-15-11(16)6-14-9(2)12(15)17/h3-5,9,14H,6-7H2,1-2H3. The van der Waals surface area contributed by atoms with E-state index < -0.39 is 0 Å². The number of imide groups is 1. The summed E-state index contributed by atoms with van der Waals surface area (Å²) in [6, 6.07) is 1.63. The van der Waals surface area contributed by atoms with Crippen molar-refractivity contribution in [3.8, 4) is 0 Å². The van der Waals surface area contributed by atoms with Crippen LogP contribution in [-0.4, -0.2) is 34.3 Å². The number of carbonyl (C=O) groups excluding carboxylic acids is 2. The van der Waals surface area contributed by atoms with Crippen molar-refractivity contribution < 1.29 is 9.59 Å². The van der Waals surface area contributed by atoms with Gasteiger partial charge in [0.2, 0.25) is 11.8 Å². The summed E-state index contributed by atoms with van der Waals surface area (Å²) in [5, 5.41) is 2.85. The van der Waals surface area contributed by atoms with E-state index in [1.54, 1.807) is 19.3 Å². The van der Waals surface area contributed by atoms with E-state index in [-0.39, 0.29) is 24.4 Å². The highest BCUT2D eigenvalue weighted by atomic mass is 16.2. The third-order valence-electron chi connectivity index (χ3n) is 2.77. The van der Waals surface area contributed by atoms with Crippen LogP contribution in [0.25, 0.3) is 0 Å². The predicted octanol–water partition coefficient (Wildman–Crippen LogP) is 0.237. The molecule has 1 aromatic rings. The Balaban J connectivity index is 2.16. The first-order chi connectivity index (χ1) is 8.08. The molecular formula is C12H15N3O2. The maximum Gasteiger partial charge on any atom is 0.246 e. The number of carbonyl (C=O) groups is 2. The second kappa shape index (κ2) is 4.63. The van der Waals surface area contributed by atoms with Gasteiger partial charge in [-0.15, -0.1) is 0 Å². The first-order valence-corrected chi connectivity index (χ1v) is 5.56. The molecule has 1 fully saturated rings. The largest absolute Gasteiger partial charge is 0.298 e. The Bertz CT molecular complexity index is 459. The second-order valence-corrected chi connectivity index (χ2v) is 4.29. The van der Waals surface area contributed by atoms with Gasteiger partial charge in [-0.1, -0.05) is 6.07 Å². The van der Waals surface area contributed by atoms with Gasteiger partial charge in [0, 0.05) is 12.4 Å². The van der Waals surface area contributed by atoms with Crippen molar-refractivity contribution in [2.45, 2.75) is 26.4 Å². The van der Waals surface area contributed by atoms with Gasteiger partial charge in [0.05, 0.1) is 19.1 Å². The Kier molecular flexibility index (Phi) is 3.19. The zero-order valence-corrected chi connectivity index (χ0v) is 9.93. The number of nitrogens with zero attached hydrogens (tertiary/aromatic N) is 2. The summed E-state index contributed by atoms with van der Waals surface area (Å²) in [6.45, 7) is 4.21. The zero-order chi connectivity index (χ0) is 12.4. The zero-order valence-electron chi connectivity index (χ0n) is 9.93. The van der Waals surface area contributed by atoms with Crippen molar-refractivity contribution in [2.75, 3.05) is 6.54 Å². The molecule has 1 aliphatic rings. The fourth-order valence-electron chi connectivity index (χ4n) is 1.83. The molecule has 2 amide bonds. The summed E-state index contributed by atoms with van der Waals surface area (Å²) in [6.07, 6.45) is 3.42. The summed E-state index contributed by atoms with van der Waals surface area (Å²) in [5.74, 6) is -0.364. The summed E-state index contributed by atoms with van der Waals surface area (Å²) in [4.78, 5) is 28.9. The predicted molar refractivity (Wildman–Crippen MR) is 62.0 cm³/mol. The second-order valence-electron chi connectivity index (χ2n) is 4.29. The van der Waals surface area contributed by atoms with E-state index in [0.29, 0.717) is 6.54 Å². The van der Waals surface area contributed by atoms with Crippen LogP contribution in [0.2, 0.25) is 0 Å². The lowest BCUT2D eigenvalue weighted by Crippen LogP contribution is -2.56. The minimum atomic E-state index is -0.300. The van der Waals surface area contributed by atoms with Crippen LogP contribution in [0.15, 0.2) is 18.5 Å². The maximum absolute atomic E-state index is 11.8. The summed E-state index contributed by atoms with van der Waals surface area (Å²) in [7, 11) is 0. The number of aromatic nitrogens is 1. The van der Waals surface area contributed by atoms with Gasteiger partial charge in [-0.25, -0.2) is 0 Å². The SMILES string of the molecule is Cc1cncc(CN2C(=O)CNC(C)C2=O)c1. The Morgan fingerprint density at radius 2 is 2.24 bits per heavy atom. The number of amides is 2. The molecule has 90 valence electrons. The summed E-state index contributed by atoms with van der Waals surface area (Å²) in [5.41, 5.74) is 1.89. The van der Waals surface area contributed by atoms with Gasteiger partial charge in [0.15, 0.2) is 0 Å². The normalized spacial score (nSPS) is 20.8. The van der Waals surface area contributed by atoms with Crippen molar-refractivity contribution in [1.29, 1.82) is 0 Å². The van der Waals surface area contributed by atoms with E-state index in [9.17, 15) is 9.59 Å². The van der Waals surface area contributed by atoms with E-state index in [1.165, 1.54) is 4.90 Å². The monoisotopic (exact) mass is 233 g/mol. The van der Waals surface area contributed by atoms with Crippen molar-refractivity contribution in [2.24, 2.45) is 0 Å². The Morgan fingerprint density at radius 1 is 1.47 bits per heavy atom. The number of rotatable bonds is 2. The molecule has 1 aromatic heterocycles. The molecule has 0 aliphatic carbocycles. The van der Waals surface area contributed by atoms with Gasteiger partial charge in [0.25, 0.3) is 0 Å². The fourth-order valence-corrected chi connectivity index (χ4v) is 1.83. The van der Waals surface area contributed by atoms with E-state index in [1.807, 2.05) is 13.0 Å². The van der Waals surface area contributed by atoms with E-state index in [0.717, 1.165) is 11.1 Å². The molecule has 1 atom stereocenters. The molecule has 2 heterocycles. The van der Waals surface area contributed by atoms with Crippen molar-refractivity contribution in [1.82, 2.24) is 15.2 Å². The van der Waals surface area contributed by atoms with Gasteiger partial charge in [-0.05, 0) is 25.0 Å². The van der Waals surface area contributed by atoms with Gasteiger partial charge < -0.3 is 0 Å². The van der Waals surface area contributed by atoms with Gasteiger partial charge in [-0.2, -0.15) is 0 Å². The van der Waals surface area contributed by atoms with Crippen LogP contribution >= 0.6 is 0 Å². The Labute approximate surface area is 99.8 Å². The molecule has 0 aromatic carbocycles. The number of pyridine rings is 1. The van der Waals surface area contributed by atoms with Crippen LogP contribution in [0.1, 0.15) is 18.1 Å². The first-order valence-electron chi connectivity index (χ1n) is 5.56. The highest BCUT2D eigenvalue weighted by molar-refractivity contribution is 6.00. The molecule has 1 saturated heterocycles. The third-order valence-corrected chi connectivity index (χ3v) is 2.77. The third kappa shape index (κ3) is 2.50. The van der Waals surface area contributed by atoms with Crippen LogP contribution in [0.3, 0.4) is 0 Å². The average molecular weight is 233 g/mol. The lowest BCUT2D eigenvalue weighted by molar-refractivity contribution is -0.149. The van der Waals surface area contributed by atoms with Crippen LogP contribution < -0.4 is 5.32 Å². The highest BCUT2D eigenvalue weighted by Crippen LogP contribution is 2.10.